The minimum atomic E-state index is -0.900. The fourth-order valence-corrected chi connectivity index (χ4v) is 2.77. The molecule has 1 N–H and O–H groups in total. The number of piperazine rings is 1. The van der Waals surface area contributed by atoms with Crippen LogP contribution in [0, 0.1) is 0 Å². The third-order valence-electron chi connectivity index (χ3n) is 3.87. The van der Waals surface area contributed by atoms with Gasteiger partial charge in [-0.15, -0.1) is 0 Å². The van der Waals surface area contributed by atoms with E-state index in [4.69, 9.17) is 4.74 Å². The third-order valence-corrected chi connectivity index (χ3v) is 3.87. The Kier molecular flexibility index (Phi) is 5.38. The topological polar surface area (TPSA) is 70.1 Å². The molecule has 120 valence electrons. The minimum absolute atomic E-state index is 0.0289. The van der Waals surface area contributed by atoms with Crippen molar-refractivity contribution in [1.29, 1.82) is 0 Å². The lowest BCUT2D eigenvalue weighted by Crippen LogP contribution is -2.50. The van der Waals surface area contributed by atoms with Crippen LogP contribution in [0.2, 0.25) is 0 Å². The van der Waals surface area contributed by atoms with Gasteiger partial charge in [0, 0.05) is 38.7 Å². The van der Waals surface area contributed by atoms with Gasteiger partial charge in [-0.1, -0.05) is 18.2 Å². The van der Waals surface area contributed by atoms with Gasteiger partial charge in [-0.05, 0) is 13.0 Å². The van der Waals surface area contributed by atoms with Gasteiger partial charge in [-0.25, -0.2) is 0 Å². The minimum Gasteiger partial charge on any atom is -0.494 e. The number of ether oxygens (including phenoxy) is 1. The normalized spacial score (nSPS) is 17.1. The van der Waals surface area contributed by atoms with E-state index in [2.05, 4.69) is 0 Å². The Balaban J connectivity index is 2.21. The molecule has 1 atom stereocenters. The fourth-order valence-electron chi connectivity index (χ4n) is 2.77. The van der Waals surface area contributed by atoms with Crippen LogP contribution in [0.25, 0.3) is 0 Å². The largest absolute Gasteiger partial charge is 0.494 e. The fraction of sp³-hybridized carbons (Fsp3) is 0.500. The second-order valence-corrected chi connectivity index (χ2v) is 5.25. The van der Waals surface area contributed by atoms with Gasteiger partial charge in [0.05, 0.1) is 6.61 Å². The Morgan fingerprint density at radius 3 is 2.41 bits per heavy atom. The molecule has 1 aliphatic rings. The highest BCUT2D eigenvalue weighted by atomic mass is 16.5. The van der Waals surface area contributed by atoms with E-state index in [-0.39, 0.29) is 5.91 Å². The SMILES string of the molecule is CCOc1ccccc1[C@@H](C(=O)O)N1CCN(C(C)=O)CC1. The van der Waals surface area contributed by atoms with Gasteiger partial charge in [0.15, 0.2) is 0 Å². The number of aliphatic carboxylic acids is 1. The average Bonchev–Trinajstić information content (AvgIpc) is 2.50. The number of amides is 1. The van der Waals surface area contributed by atoms with E-state index in [1.807, 2.05) is 24.0 Å². The zero-order chi connectivity index (χ0) is 16.1. The van der Waals surface area contributed by atoms with Crippen LogP contribution < -0.4 is 4.74 Å². The molecule has 0 spiro atoms. The summed E-state index contributed by atoms with van der Waals surface area (Å²) in [6.07, 6.45) is 0. The second kappa shape index (κ2) is 7.26. The number of rotatable bonds is 5. The summed E-state index contributed by atoms with van der Waals surface area (Å²) in [6, 6.07) is 6.49. The maximum absolute atomic E-state index is 11.8. The van der Waals surface area contributed by atoms with E-state index in [0.717, 1.165) is 0 Å². The number of nitrogens with zero attached hydrogens (tertiary/aromatic N) is 2. The Morgan fingerprint density at radius 2 is 1.86 bits per heavy atom. The Labute approximate surface area is 130 Å². The van der Waals surface area contributed by atoms with Gasteiger partial charge in [-0.2, -0.15) is 0 Å². The lowest BCUT2D eigenvalue weighted by atomic mass is 10.0. The van der Waals surface area contributed by atoms with Crippen molar-refractivity contribution in [2.24, 2.45) is 0 Å². The van der Waals surface area contributed by atoms with E-state index in [1.54, 1.807) is 17.0 Å². The summed E-state index contributed by atoms with van der Waals surface area (Å²) in [7, 11) is 0. The van der Waals surface area contributed by atoms with Crippen molar-refractivity contribution in [3.8, 4) is 5.75 Å². The van der Waals surface area contributed by atoms with Crippen molar-refractivity contribution in [2.75, 3.05) is 32.8 Å². The molecule has 0 bridgehead atoms. The molecule has 22 heavy (non-hydrogen) atoms. The van der Waals surface area contributed by atoms with Crippen molar-refractivity contribution in [2.45, 2.75) is 19.9 Å². The first-order valence-electron chi connectivity index (χ1n) is 7.48. The third kappa shape index (κ3) is 3.57. The zero-order valence-electron chi connectivity index (χ0n) is 13.0. The molecule has 6 heteroatoms. The van der Waals surface area contributed by atoms with Crippen LogP contribution in [0.1, 0.15) is 25.5 Å². The predicted octanol–water partition coefficient (Wildman–Crippen LogP) is 1.38. The Hall–Kier alpha value is -2.08. The van der Waals surface area contributed by atoms with Crippen LogP contribution in [0.3, 0.4) is 0 Å². The number of carbonyl (C=O) groups is 2. The van der Waals surface area contributed by atoms with Crippen LogP contribution in [-0.4, -0.2) is 59.6 Å². The molecule has 1 amide bonds. The van der Waals surface area contributed by atoms with E-state index in [9.17, 15) is 14.7 Å². The zero-order valence-corrected chi connectivity index (χ0v) is 13.0. The van der Waals surface area contributed by atoms with Crippen molar-refractivity contribution in [3.05, 3.63) is 29.8 Å². The molecule has 1 heterocycles. The summed E-state index contributed by atoms with van der Waals surface area (Å²) in [5.74, 6) is -0.268. The lowest BCUT2D eigenvalue weighted by Gasteiger charge is -2.37. The number of hydrogen-bond acceptors (Lipinski definition) is 4. The van der Waals surface area contributed by atoms with Crippen molar-refractivity contribution < 1.29 is 19.4 Å². The molecule has 1 saturated heterocycles. The maximum Gasteiger partial charge on any atom is 0.325 e. The first-order valence-corrected chi connectivity index (χ1v) is 7.48. The summed E-state index contributed by atoms with van der Waals surface area (Å²) in [4.78, 5) is 26.8. The molecule has 0 aromatic heterocycles. The number of carboxylic acids is 1. The Bertz CT molecular complexity index is 539. The van der Waals surface area contributed by atoms with Crippen LogP contribution in [0.15, 0.2) is 24.3 Å². The molecule has 0 aliphatic carbocycles. The molecule has 1 fully saturated rings. The number of para-hydroxylation sites is 1. The van der Waals surface area contributed by atoms with Gasteiger partial charge in [-0.3, -0.25) is 14.5 Å². The Morgan fingerprint density at radius 1 is 1.23 bits per heavy atom. The van der Waals surface area contributed by atoms with E-state index in [0.29, 0.717) is 44.1 Å². The highest BCUT2D eigenvalue weighted by Crippen LogP contribution is 2.30. The number of carboxylic acid groups (broad SMARTS) is 1. The van der Waals surface area contributed by atoms with Gasteiger partial charge in [0.2, 0.25) is 5.91 Å². The summed E-state index contributed by atoms with van der Waals surface area (Å²) in [5, 5.41) is 9.67. The standard InChI is InChI=1S/C16H22N2O4/c1-3-22-14-7-5-4-6-13(14)15(16(20)21)18-10-8-17(9-11-18)12(2)19/h4-7,15H,3,8-11H2,1-2H3,(H,20,21)/t15-/m0/s1. The molecule has 1 aromatic carbocycles. The summed E-state index contributed by atoms with van der Waals surface area (Å²) in [6.45, 7) is 6.08. The van der Waals surface area contributed by atoms with Crippen molar-refractivity contribution in [1.82, 2.24) is 9.80 Å². The van der Waals surface area contributed by atoms with Crippen LogP contribution >= 0.6 is 0 Å². The molecular weight excluding hydrogens is 284 g/mol. The van der Waals surface area contributed by atoms with Gasteiger partial charge < -0.3 is 14.7 Å². The summed E-state index contributed by atoms with van der Waals surface area (Å²) < 4.78 is 5.56. The first kappa shape index (κ1) is 16.3. The average molecular weight is 306 g/mol. The molecule has 2 rings (SSSR count). The number of carbonyl (C=O) groups excluding carboxylic acids is 1. The van der Waals surface area contributed by atoms with Gasteiger partial charge in [0.1, 0.15) is 11.8 Å². The maximum atomic E-state index is 11.8. The van der Waals surface area contributed by atoms with E-state index in [1.165, 1.54) is 6.92 Å². The van der Waals surface area contributed by atoms with Crippen LogP contribution in [0.5, 0.6) is 5.75 Å². The predicted molar refractivity (Wildman–Crippen MR) is 81.8 cm³/mol. The molecule has 0 radical (unpaired) electrons. The molecule has 0 saturated carbocycles. The number of hydrogen-bond donors (Lipinski definition) is 1. The summed E-state index contributed by atoms with van der Waals surface area (Å²) in [5.41, 5.74) is 0.660. The number of benzene rings is 1. The molecule has 1 aliphatic heterocycles. The van der Waals surface area contributed by atoms with E-state index < -0.39 is 12.0 Å². The summed E-state index contributed by atoms with van der Waals surface area (Å²) >= 11 is 0. The lowest BCUT2D eigenvalue weighted by molar-refractivity contribution is -0.145. The van der Waals surface area contributed by atoms with Gasteiger partial charge >= 0.3 is 5.97 Å². The van der Waals surface area contributed by atoms with E-state index >= 15 is 0 Å². The van der Waals surface area contributed by atoms with Crippen molar-refractivity contribution in [3.63, 3.8) is 0 Å². The smallest absolute Gasteiger partial charge is 0.325 e. The van der Waals surface area contributed by atoms with Crippen LogP contribution in [-0.2, 0) is 9.59 Å². The highest BCUT2D eigenvalue weighted by molar-refractivity contribution is 5.77. The molecular formula is C16H22N2O4. The highest BCUT2D eigenvalue weighted by Gasteiger charge is 2.32. The van der Waals surface area contributed by atoms with Gasteiger partial charge in [0.25, 0.3) is 0 Å². The second-order valence-electron chi connectivity index (χ2n) is 5.25. The van der Waals surface area contributed by atoms with Crippen molar-refractivity contribution >= 4 is 11.9 Å². The molecule has 1 aromatic rings. The quantitative estimate of drug-likeness (QED) is 0.890. The monoisotopic (exact) mass is 306 g/mol. The molecule has 0 unspecified atom stereocenters. The van der Waals surface area contributed by atoms with Crippen LogP contribution in [0.4, 0.5) is 0 Å². The first-order chi connectivity index (χ1) is 10.5. The molecule has 6 nitrogen and oxygen atoms in total.